The average Bonchev–Trinajstić information content (AvgIpc) is 3.23. The number of hydrogen-bond donors (Lipinski definition) is 1. The van der Waals surface area contributed by atoms with E-state index in [0.717, 1.165) is 17.9 Å². The lowest BCUT2D eigenvalue weighted by Crippen LogP contribution is -2.53. The molecule has 0 radical (unpaired) electrons. The number of piperidine rings is 1. The Balaban J connectivity index is 1.66. The molecule has 0 bridgehead atoms. The summed E-state index contributed by atoms with van der Waals surface area (Å²) in [5, 5.41) is 3.48. The predicted octanol–water partition coefficient (Wildman–Crippen LogP) is 2.86. The monoisotopic (exact) mass is 258 g/mol. The van der Waals surface area contributed by atoms with Crippen molar-refractivity contribution in [3.8, 4) is 0 Å². The number of benzene rings is 1. The second-order valence-corrected chi connectivity index (χ2v) is 6.34. The van der Waals surface area contributed by atoms with Gasteiger partial charge in [-0.1, -0.05) is 37.3 Å². The van der Waals surface area contributed by atoms with Gasteiger partial charge in [0.25, 0.3) is 0 Å². The zero-order chi connectivity index (χ0) is 13.4. The van der Waals surface area contributed by atoms with E-state index in [0.29, 0.717) is 12.1 Å². The smallest absolute Gasteiger partial charge is 0.0174 e. The Morgan fingerprint density at radius 3 is 2.58 bits per heavy atom. The summed E-state index contributed by atoms with van der Waals surface area (Å²) >= 11 is 0. The maximum Gasteiger partial charge on any atom is 0.0174 e. The first-order valence-electron chi connectivity index (χ1n) is 7.70. The third-order valence-electron chi connectivity index (χ3n) is 5.40. The number of nitrogens with one attached hydrogen (secondary N) is 1. The fourth-order valence-corrected chi connectivity index (χ4v) is 3.87. The molecule has 5 unspecified atom stereocenters. The first-order chi connectivity index (χ1) is 9.22. The van der Waals surface area contributed by atoms with Crippen molar-refractivity contribution in [3.63, 3.8) is 0 Å². The number of nitrogens with zero attached hydrogens (tertiary/aromatic N) is 1. The van der Waals surface area contributed by atoms with Crippen molar-refractivity contribution in [3.05, 3.63) is 35.9 Å². The van der Waals surface area contributed by atoms with Gasteiger partial charge in [-0.05, 0) is 38.3 Å². The third-order valence-corrected chi connectivity index (χ3v) is 5.40. The summed E-state index contributed by atoms with van der Waals surface area (Å²) < 4.78 is 0. The molecule has 104 valence electrons. The van der Waals surface area contributed by atoms with E-state index < -0.39 is 0 Å². The standard InChI is InChI=1S/C17H26N2/c1-12-13(2)19(10-9-16(12)18-3)17-11-15(17)14-7-5-4-6-8-14/h4-8,12-13,15-18H,9-11H2,1-3H3. The van der Waals surface area contributed by atoms with Crippen LogP contribution in [-0.2, 0) is 0 Å². The molecule has 0 spiro atoms. The van der Waals surface area contributed by atoms with Crippen LogP contribution in [0.15, 0.2) is 30.3 Å². The average molecular weight is 258 g/mol. The van der Waals surface area contributed by atoms with Crippen LogP contribution in [0, 0.1) is 5.92 Å². The largest absolute Gasteiger partial charge is 0.317 e. The molecule has 1 heterocycles. The van der Waals surface area contributed by atoms with E-state index in [1.54, 1.807) is 0 Å². The molecular weight excluding hydrogens is 232 g/mol. The first-order valence-corrected chi connectivity index (χ1v) is 7.70. The van der Waals surface area contributed by atoms with Crippen molar-refractivity contribution >= 4 is 0 Å². The van der Waals surface area contributed by atoms with Gasteiger partial charge in [-0.2, -0.15) is 0 Å². The minimum absolute atomic E-state index is 0.695. The molecule has 0 amide bonds. The quantitative estimate of drug-likeness (QED) is 0.897. The topological polar surface area (TPSA) is 15.3 Å². The van der Waals surface area contributed by atoms with Crippen LogP contribution in [0.25, 0.3) is 0 Å². The van der Waals surface area contributed by atoms with Gasteiger partial charge in [0.2, 0.25) is 0 Å². The zero-order valence-electron chi connectivity index (χ0n) is 12.3. The molecule has 0 aromatic heterocycles. The Bertz CT molecular complexity index is 417. The van der Waals surface area contributed by atoms with E-state index in [-0.39, 0.29) is 0 Å². The van der Waals surface area contributed by atoms with Crippen LogP contribution >= 0.6 is 0 Å². The number of hydrogen-bond acceptors (Lipinski definition) is 2. The molecule has 5 atom stereocenters. The summed E-state index contributed by atoms with van der Waals surface area (Å²) in [5.74, 6) is 1.53. The normalized spacial score (nSPS) is 39.2. The van der Waals surface area contributed by atoms with E-state index in [1.807, 2.05) is 0 Å². The van der Waals surface area contributed by atoms with Crippen molar-refractivity contribution in [2.24, 2.45) is 5.92 Å². The highest BCUT2D eigenvalue weighted by atomic mass is 15.2. The molecule has 1 aliphatic carbocycles. The highest BCUT2D eigenvalue weighted by molar-refractivity contribution is 5.28. The summed E-state index contributed by atoms with van der Waals surface area (Å²) in [5.41, 5.74) is 1.53. The van der Waals surface area contributed by atoms with Crippen molar-refractivity contribution < 1.29 is 0 Å². The molecule has 2 nitrogen and oxygen atoms in total. The Morgan fingerprint density at radius 2 is 1.89 bits per heavy atom. The van der Waals surface area contributed by atoms with Gasteiger partial charge in [0.05, 0.1) is 0 Å². The molecule has 1 aromatic carbocycles. The van der Waals surface area contributed by atoms with Crippen molar-refractivity contribution in [2.45, 2.75) is 50.7 Å². The van der Waals surface area contributed by atoms with E-state index in [2.05, 4.69) is 61.4 Å². The molecule has 2 heteroatoms. The Hall–Kier alpha value is -0.860. The fraction of sp³-hybridized carbons (Fsp3) is 0.647. The summed E-state index contributed by atoms with van der Waals surface area (Å²) in [6.07, 6.45) is 2.64. The lowest BCUT2D eigenvalue weighted by Gasteiger charge is -2.43. The highest BCUT2D eigenvalue weighted by Crippen LogP contribution is 2.47. The molecule has 2 aliphatic rings. The zero-order valence-corrected chi connectivity index (χ0v) is 12.3. The SMILES string of the molecule is CNC1CCN(C2CC2c2ccccc2)C(C)C1C. The second kappa shape index (κ2) is 5.26. The van der Waals surface area contributed by atoms with Crippen LogP contribution in [0.5, 0.6) is 0 Å². The lowest BCUT2D eigenvalue weighted by molar-refractivity contribution is 0.0788. The van der Waals surface area contributed by atoms with Crippen LogP contribution < -0.4 is 5.32 Å². The first kappa shape index (κ1) is 13.1. The molecule has 1 aliphatic heterocycles. The second-order valence-electron chi connectivity index (χ2n) is 6.34. The number of likely N-dealkylation sites (tertiary alicyclic amines) is 1. The van der Waals surface area contributed by atoms with Gasteiger partial charge in [0.1, 0.15) is 0 Å². The number of rotatable bonds is 3. The van der Waals surface area contributed by atoms with Gasteiger partial charge < -0.3 is 5.32 Å². The van der Waals surface area contributed by atoms with Crippen LogP contribution in [0.1, 0.15) is 38.2 Å². The Morgan fingerprint density at radius 1 is 1.16 bits per heavy atom. The van der Waals surface area contributed by atoms with E-state index in [1.165, 1.54) is 24.9 Å². The lowest BCUT2D eigenvalue weighted by atomic mass is 9.87. The Kier molecular flexibility index (Phi) is 3.64. The fourth-order valence-electron chi connectivity index (χ4n) is 3.87. The summed E-state index contributed by atoms with van der Waals surface area (Å²) in [7, 11) is 2.10. The summed E-state index contributed by atoms with van der Waals surface area (Å²) in [6.45, 7) is 6.07. The molecule has 1 saturated heterocycles. The maximum atomic E-state index is 3.48. The maximum absolute atomic E-state index is 3.48. The predicted molar refractivity (Wildman–Crippen MR) is 80.4 cm³/mol. The Labute approximate surface area is 117 Å². The van der Waals surface area contributed by atoms with Crippen LogP contribution in [0.2, 0.25) is 0 Å². The van der Waals surface area contributed by atoms with E-state index >= 15 is 0 Å². The van der Waals surface area contributed by atoms with Crippen LogP contribution in [-0.4, -0.2) is 36.6 Å². The molecule has 19 heavy (non-hydrogen) atoms. The van der Waals surface area contributed by atoms with Crippen molar-refractivity contribution in [2.75, 3.05) is 13.6 Å². The van der Waals surface area contributed by atoms with Crippen LogP contribution in [0.4, 0.5) is 0 Å². The molecular formula is C17H26N2. The molecule has 1 saturated carbocycles. The van der Waals surface area contributed by atoms with Gasteiger partial charge >= 0.3 is 0 Å². The molecule has 3 rings (SSSR count). The van der Waals surface area contributed by atoms with Gasteiger partial charge in [-0.15, -0.1) is 0 Å². The minimum atomic E-state index is 0.695. The molecule has 1 N–H and O–H groups in total. The summed E-state index contributed by atoms with van der Waals surface area (Å²) in [4.78, 5) is 2.76. The molecule has 2 fully saturated rings. The van der Waals surface area contributed by atoms with Gasteiger partial charge in [-0.25, -0.2) is 0 Å². The summed E-state index contributed by atoms with van der Waals surface area (Å²) in [6, 6.07) is 13.2. The van der Waals surface area contributed by atoms with Gasteiger partial charge in [-0.3, -0.25) is 4.90 Å². The third kappa shape index (κ3) is 2.44. The highest BCUT2D eigenvalue weighted by Gasteiger charge is 2.46. The van der Waals surface area contributed by atoms with Crippen molar-refractivity contribution in [1.82, 2.24) is 10.2 Å². The van der Waals surface area contributed by atoms with Crippen LogP contribution in [0.3, 0.4) is 0 Å². The van der Waals surface area contributed by atoms with Gasteiger partial charge in [0, 0.05) is 30.6 Å². The van der Waals surface area contributed by atoms with E-state index in [4.69, 9.17) is 0 Å². The van der Waals surface area contributed by atoms with Gasteiger partial charge in [0.15, 0.2) is 0 Å². The minimum Gasteiger partial charge on any atom is -0.317 e. The van der Waals surface area contributed by atoms with E-state index in [9.17, 15) is 0 Å². The van der Waals surface area contributed by atoms with Crippen molar-refractivity contribution in [1.29, 1.82) is 0 Å². The molecule has 1 aromatic rings.